The first-order valence-corrected chi connectivity index (χ1v) is 6.40. The molecular formula is C15H17ClN2. The van der Waals surface area contributed by atoms with Gasteiger partial charge >= 0.3 is 0 Å². The molecular weight excluding hydrogens is 244 g/mol. The van der Waals surface area contributed by atoms with Gasteiger partial charge in [0.25, 0.3) is 0 Å². The van der Waals surface area contributed by atoms with Crippen molar-refractivity contribution in [1.82, 2.24) is 10.3 Å². The summed E-state index contributed by atoms with van der Waals surface area (Å²) in [5.74, 6) is 0. The molecule has 2 rings (SSSR count). The van der Waals surface area contributed by atoms with Crippen LogP contribution >= 0.6 is 11.6 Å². The molecule has 1 N–H and O–H groups in total. The van der Waals surface area contributed by atoms with Gasteiger partial charge in [0.2, 0.25) is 0 Å². The maximum absolute atomic E-state index is 6.12. The van der Waals surface area contributed by atoms with Crippen molar-refractivity contribution in [3.8, 4) is 0 Å². The van der Waals surface area contributed by atoms with Gasteiger partial charge in [0.1, 0.15) is 0 Å². The normalized spacial score (nSPS) is 12.4. The van der Waals surface area contributed by atoms with Crippen LogP contribution in [0.15, 0.2) is 42.7 Å². The largest absolute Gasteiger partial charge is 0.313 e. The van der Waals surface area contributed by atoms with Gasteiger partial charge in [-0.2, -0.15) is 0 Å². The maximum Gasteiger partial charge on any atom is 0.0411 e. The third-order valence-electron chi connectivity index (χ3n) is 3.00. The van der Waals surface area contributed by atoms with Gasteiger partial charge in [0.15, 0.2) is 0 Å². The number of pyridine rings is 1. The molecule has 18 heavy (non-hydrogen) atoms. The number of likely N-dealkylation sites (N-methyl/N-ethyl adjacent to an activating group) is 1. The molecule has 0 aliphatic rings. The highest BCUT2D eigenvalue weighted by molar-refractivity contribution is 6.30. The molecule has 1 heterocycles. The summed E-state index contributed by atoms with van der Waals surface area (Å²) in [5, 5.41) is 4.13. The van der Waals surface area contributed by atoms with Gasteiger partial charge in [0.05, 0.1) is 0 Å². The number of nitrogens with zero attached hydrogens (tertiary/aromatic N) is 1. The van der Waals surface area contributed by atoms with Gasteiger partial charge in [-0.25, -0.2) is 0 Å². The third kappa shape index (κ3) is 3.31. The Kier molecular flexibility index (Phi) is 4.34. The van der Waals surface area contributed by atoms with Crippen molar-refractivity contribution >= 4 is 11.6 Å². The molecule has 0 saturated carbocycles. The van der Waals surface area contributed by atoms with E-state index in [1.54, 1.807) is 0 Å². The minimum atomic E-state index is 0.268. The van der Waals surface area contributed by atoms with Gasteiger partial charge in [-0.3, -0.25) is 4.98 Å². The van der Waals surface area contributed by atoms with Crippen LogP contribution in [0.25, 0.3) is 0 Å². The number of hydrogen-bond acceptors (Lipinski definition) is 2. The van der Waals surface area contributed by atoms with E-state index < -0.39 is 0 Å². The number of rotatable bonds is 4. The predicted molar refractivity (Wildman–Crippen MR) is 75.9 cm³/mol. The summed E-state index contributed by atoms with van der Waals surface area (Å²) >= 11 is 6.12. The second-order valence-electron chi connectivity index (χ2n) is 4.46. The topological polar surface area (TPSA) is 24.9 Å². The Morgan fingerprint density at radius 3 is 2.56 bits per heavy atom. The summed E-state index contributed by atoms with van der Waals surface area (Å²) in [6.07, 6.45) is 4.58. The van der Waals surface area contributed by atoms with Gasteiger partial charge in [-0.05, 0) is 61.3 Å². The molecule has 2 nitrogen and oxygen atoms in total. The summed E-state index contributed by atoms with van der Waals surface area (Å²) in [7, 11) is 1.97. The molecule has 0 radical (unpaired) electrons. The molecule has 0 bridgehead atoms. The Morgan fingerprint density at radius 2 is 1.94 bits per heavy atom. The summed E-state index contributed by atoms with van der Waals surface area (Å²) in [4.78, 5) is 4.04. The van der Waals surface area contributed by atoms with Crippen molar-refractivity contribution in [1.29, 1.82) is 0 Å². The van der Waals surface area contributed by atoms with Crippen molar-refractivity contribution in [3.63, 3.8) is 0 Å². The quantitative estimate of drug-likeness (QED) is 0.910. The summed E-state index contributed by atoms with van der Waals surface area (Å²) in [5.41, 5.74) is 3.67. The molecule has 1 aromatic heterocycles. The Hall–Kier alpha value is -1.38. The summed E-state index contributed by atoms with van der Waals surface area (Å²) in [6, 6.07) is 10.5. The van der Waals surface area contributed by atoms with Crippen LogP contribution < -0.4 is 5.32 Å². The van der Waals surface area contributed by atoms with Crippen LogP contribution in [0.5, 0.6) is 0 Å². The molecule has 0 aliphatic heterocycles. The van der Waals surface area contributed by atoms with Crippen LogP contribution in [0.1, 0.15) is 22.7 Å². The average Bonchev–Trinajstić information content (AvgIpc) is 2.36. The van der Waals surface area contributed by atoms with Crippen LogP contribution in [-0.4, -0.2) is 12.0 Å². The Labute approximate surface area is 113 Å². The second kappa shape index (κ2) is 5.98. The van der Waals surface area contributed by atoms with E-state index in [9.17, 15) is 0 Å². The van der Waals surface area contributed by atoms with Crippen LogP contribution in [0, 0.1) is 6.92 Å². The lowest BCUT2D eigenvalue weighted by Gasteiger charge is -2.17. The standard InChI is InChI=1S/C15H17ClN2/c1-11-7-13(10-14(16)8-11)15(17-2)9-12-3-5-18-6-4-12/h3-8,10,15,17H,9H2,1-2H3. The highest BCUT2D eigenvalue weighted by Gasteiger charge is 2.11. The van der Waals surface area contributed by atoms with E-state index in [1.165, 1.54) is 16.7 Å². The van der Waals surface area contributed by atoms with E-state index in [2.05, 4.69) is 23.3 Å². The van der Waals surface area contributed by atoms with Crippen molar-refractivity contribution in [3.05, 3.63) is 64.4 Å². The fourth-order valence-electron chi connectivity index (χ4n) is 2.11. The fourth-order valence-corrected chi connectivity index (χ4v) is 2.41. The smallest absolute Gasteiger partial charge is 0.0411 e. The van der Waals surface area contributed by atoms with Gasteiger partial charge in [-0.15, -0.1) is 0 Å². The fraction of sp³-hybridized carbons (Fsp3) is 0.267. The third-order valence-corrected chi connectivity index (χ3v) is 3.22. The Morgan fingerprint density at radius 1 is 1.22 bits per heavy atom. The first-order chi connectivity index (χ1) is 8.69. The number of halogens is 1. The molecule has 0 saturated heterocycles. The van der Waals surface area contributed by atoms with E-state index in [0.29, 0.717) is 0 Å². The molecule has 1 unspecified atom stereocenters. The van der Waals surface area contributed by atoms with Crippen LogP contribution in [-0.2, 0) is 6.42 Å². The van der Waals surface area contributed by atoms with Crippen molar-refractivity contribution in [2.45, 2.75) is 19.4 Å². The lowest BCUT2D eigenvalue weighted by atomic mass is 9.98. The maximum atomic E-state index is 6.12. The molecule has 1 aromatic carbocycles. The highest BCUT2D eigenvalue weighted by atomic mass is 35.5. The molecule has 0 fully saturated rings. The monoisotopic (exact) mass is 260 g/mol. The van der Waals surface area contributed by atoms with E-state index in [4.69, 9.17) is 11.6 Å². The number of aryl methyl sites for hydroxylation is 1. The van der Waals surface area contributed by atoms with Crippen molar-refractivity contribution < 1.29 is 0 Å². The number of benzene rings is 1. The minimum Gasteiger partial charge on any atom is -0.313 e. The first kappa shape index (κ1) is 13.1. The molecule has 94 valence electrons. The summed E-state index contributed by atoms with van der Waals surface area (Å²) in [6.45, 7) is 2.06. The van der Waals surface area contributed by atoms with Gasteiger partial charge < -0.3 is 5.32 Å². The predicted octanol–water partition coefficient (Wildman–Crippen LogP) is 3.55. The second-order valence-corrected chi connectivity index (χ2v) is 4.90. The molecule has 3 heteroatoms. The van der Waals surface area contributed by atoms with Gasteiger partial charge in [-0.1, -0.05) is 17.7 Å². The van der Waals surface area contributed by atoms with E-state index >= 15 is 0 Å². The van der Waals surface area contributed by atoms with Crippen LogP contribution in [0.3, 0.4) is 0 Å². The van der Waals surface area contributed by atoms with Gasteiger partial charge in [0, 0.05) is 23.5 Å². The number of nitrogens with one attached hydrogen (secondary N) is 1. The number of hydrogen-bond donors (Lipinski definition) is 1. The SMILES string of the molecule is CNC(Cc1ccncc1)c1cc(C)cc(Cl)c1. The zero-order chi connectivity index (χ0) is 13.0. The molecule has 0 aliphatic carbocycles. The van der Waals surface area contributed by atoms with Crippen LogP contribution in [0.2, 0.25) is 5.02 Å². The molecule has 1 atom stereocenters. The number of aromatic nitrogens is 1. The van der Waals surface area contributed by atoms with E-state index in [1.807, 2.05) is 43.7 Å². The lowest BCUT2D eigenvalue weighted by Crippen LogP contribution is -2.19. The highest BCUT2D eigenvalue weighted by Crippen LogP contribution is 2.23. The minimum absolute atomic E-state index is 0.268. The zero-order valence-electron chi connectivity index (χ0n) is 10.7. The molecule has 2 aromatic rings. The lowest BCUT2D eigenvalue weighted by molar-refractivity contribution is 0.591. The first-order valence-electron chi connectivity index (χ1n) is 6.02. The van der Waals surface area contributed by atoms with E-state index in [0.717, 1.165) is 11.4 Å². The van der Waals surface area contributed by atoms with Crippen molar-refractivity contribution in [2.24, 2.45) is 0 Å². The molecule has 0 spiro atoms. The van der Waals surface area contributed by atoms with Crippen LogP contribution in [0.4, 0.5) is 0 Å². The van der Waals surface area contributed by atoms with Crippen molar-refractivity contribution in [2.75, 3.05) is 7.05 Å². The van der Waals surface area contributed by atoms with E-state index in [-0.39, 0.29) is 6.04 Å². The Balaban J connectivity index is 2.23. The Bertz CT molecular complexity index is 491. The summed E-state index contributed by atoms with van der Waals surface area (Å²) < 4.78 is 0. The average molecular weight is 261 g/mol. The molecule has 0 amide bonds. The zero-order valence-corrected chi connectivity index (χ0v) is 11.4.